The summed E-state index contributed by atoms with van der Waals surface area (Å²) in [5.41, 5.74) is 0.702. The van der Waals surface area contributed by atoms with Crippen LogP contribution < -0.4 is 9.64 Å². The van der Waals surface area contributed by atoms with Gasteiger partial charge in [-0.3, -0.25) is 4.90 Å². The van der Waals surface area contributed by atoms with Gasteiger partial charge in [0, 0.05) is 19.1 Å². The van der Waals surface area contributed by atoms with E-state index < -0.39 is 0 Å². The van der Waals surface area contributed by atoms with Crippen molar-refractivity contribution in [2.45, 2.75) is 6.42 Å². The van der Waals surface area contributed by atoms with E-state index in [0.717, 1.165) is 0 Å². The Morgan fingerprint density at radius 2 is 2.28 bits per heavy atom. The first-order chi connectivity index (χ1) is 8.76. The molecule has 1 saturated heterocycles. The number of cyclic esters (lactones) is 1. The molecule has 1 heterocycles. The molecule has 5 nitrogen and oxygen atoms in total. The molecule has 1 amide bonds. The predicted molar refractivity (Wildman–Crippen MR) is 66.9 cm³/mol. The Balaban J connectivity index is 2.21. The fourth-order valence-electron chi connectivity index (χ4n) is 2.06. The summed E-state index contributed by atoms with van der Waals surface area (Å²) in [6, 6.07) is 7.32. The van der Waals surface area contributed by atoms with Crippen LogP contribution in [0.25, 0.3) is 0 Å². The fourth-order valence-corrected chi connectivity index (χ4v) is 2.06. The number of methoxy groups -OCH3 is 1. The third-order valence-corrected chi connectivity index (χ3v) is 3.02. The van der Waals surface area contributed by atoms with Crippen molar-refractivity contribution in [2.24, 2.45) is 5.92 Å². The van der Waals surface area contributed by atoms with Crippen LogP contribution in [-0.2, 0) is 4.74 Å². The summed E-state index contributed by atoms with van der Waals surface area (Å²) in [7, 11) is 1.57. The zero-order valence-electron chi connectivity index (χ0n) is 10.3. The molecule has 0 aromatic heterocycles. The Bertz CT molecular complexity index is 421. The molecule has 0 radical (unpaired) electrons. The Labute approximate surface area is 106 Å². The number of benzene rings is 1. The highest BCUT2D eigenvalue weighted by molar-refractivity contribution is 5.90. The maximum atomic E-state index is 11.8. The molecular weight excluding hydrogens is 234 g/mol. The summed E-state index contributed by atoms with van der Waals surface area (Å²) in [4.78, 5) is 13.4. The van der Waals surface area contributed by atoms with Gasteiger partial charge < -0.3 is 14.6 Å². The summed E-state index contributed by atoms with van der Waals surface area (Å²) >= 11 is 0. The van der Waals surface area contributed by atoms with Crippen LogP contribution in [0.5, 0.6) is 5.75 Å². The lowest BCUT2D eigenvalue weighted by Gasteiger charge is -2.32. The number of anilines is 1. The maximum absolute atomic E-state index is 11.8. The van der Waals surface area contributed by atoms with Crippen LogP contribution in [0.1, 0.15) is 6.42 Å². The molecule has 98 valence electrons. The van der Waals surface area contributed by atoms with Gasteiger partial charge in [0.2, 0.25) is 0 Å². The Morgan fingerprint density at radius 3 is 3.00 bits per heavy atom. The highest BCUT2D eigenvalue weighted by Gasteiger charge is 2.29. The molecule has 0 aliphatic carbocycles. The summed E-state index contributed by atoms with van der Waals surface area (Å²) in [6.07, 6.45) is 0.257. The van der Waals surface area contributed by atoms with Crippen LogP contribution in [0.3, 0.4) is 0 Å². The topological polar surface area (TPSA) is 59.0 Å². The number of rotatable bonds is 4. The molecule has 2 rings (SSSR count). The Hall–Kier alpha value is -1.75. The average Bonchev–Trinajstić information content (AvgIpc) is 2.41. The second-order valence-electron chi connectivity index (χ2n) is 4.24. The van der Waals surface area contributed by atoms with Crippen molar-refractivity contribution in [1.82, 2.24) is 0 Å². The Morgan fingerprint density at radius 1 is 1.50 bits per heavy atom. The quantitative estimate of drug-likeness (QED) is 0.884. The third kappa shape index (κ3) is 2.56. The molecular formula is C13H17NO4. The molecule has 5 heteroatoms. The molecule has 1 aliphatic rings. The fraction of sp³-hybridized carbons (Fsp3) is 0.462. The third-order valence-electron chi connectivity index (χ3n) is 3.02. The SMILES string of the molecule is COc1ccccc1N1CC(CCO)COC1=O. The van der Waals surface area contributed by atoms with Crippen LogP contribution in [0.4, 0.5) is 10.5 Å². The van der Waals surface area contributed by atoms with Crippen molar-refractivity contribution in [3.05, 3.63) is 24.3 Å². The van der Waals surface area contributed by atoms with Gasteiger partial charge in [-0.2, -0.15) is 0 Å². The number of hydrogen-bond donors (Lipinski definition) is 1. The number of carbonyl (C=O) groups is 1. The minimum absolute atomic E-state index is 0.0992. The molecule has 1 aromatic rings. The summed E-state index contributed by atoms with van der Waals surface area (Å²) in [5.74, 6) is 0.789. The maximum Gasteiger partial charge on any atom is 0.414 e. The normalized spacial score (nSPS) is 19.6. The standard InChI is InChI=1S/C13H17NO4/c1-17-12-5-3-2-4-11(12)14-8-10(6-7-15)9-18-13(14)16/h2-5,10,15H,6-9H2,1H3. The monoisotopic (exact) mass is 251 g/mol. The Kier molecular flexibility index (Phi) is 4.04. The second kappa shape index (κ2) is 5.73. The number of carbonyl (C=O) groups excluding carboxylic acids is 1. The molecule has 1 aromatic carbocycles. The average molecular weight is 251 g/mol. The minimum Gasteiger partial charge on any atom is -0.495 e. The van der Waals surface area contributed by atoms with Crippen LogP contribution in [-0.4, -0.2) is 38.1 Å². The van der Waals surface area contributed by atoms with E-state index in [1.54, 1.807) is 18.1 Å². The van der Waals surface area contributed by atoms with Gasteiger partial charge in [-0.05, 0) is 18.6 Å². The van der Waals surface area contributed by atoms with E-state index >= 15 is 0 Å². The number of aliphatic hydroxyl groups excluding tert-OH is 1. The van der Waals surface area contributed by atoms with Crippen LogP contribution >= 0.6 is 0 Å². The number of para-hydroxylation sites is 2. The van der Waals surface area contributed by atoms with E-state index in [0.29, 0.717) is 31.0 Å². The van der Waals surface area contributed by atoms with Gasteiger partial charge in [-0.1, -0.05) is 12.1 Å². The van der Waals surface area contributed by atoms with E-state index in [4.69, 9.17) is 14.6 Å². The van der Waals surface area contributed by atoms with E-state index in [9.17, 15) is 4.79 Å². The zero-order chi connectivity index (χ0) is 13.0. The van der Waals surface area contributed by atoms with Crippen molar-refractivity contribution in [3.63, 3.8) is 0 Å². The molecule has 0 saturated carbocycles. The summed E-state index contributed by atoms with van der Waals surface area (Å²) in [5, 5.41) is 8.96. The lowest BCUT2D eigenvalue weighted by atomic mass is 10.1. The summed E-state index contributed by atoms with van der Waals surface area (Å²) < 4.78 is 10.4. The highest BCUT2D eigenvalue weighted by Crippen LogP contribution is 2.30. The second-order valence-corrected chi connectivity index (χ2v) is 4.24. The van der Waals surface area contributed by atoms with Gasteiger partial charge in [-0.15, -0.1) is 0 Å². The van der Waals surface area contributed by atoms with Crippen LogP contribution in [0.15, 0.2) is 24.3 Å². The molecule has 0 spiro atoms. The highest BCUT2D eigenvalue weighted by atomic mass is 16.6. The zero-order valence-corrected chi connectivity index (χ0v) is 10.3. The first-order valence-corrected chi connectivity index (χ1v) is 5.94. The molecule has 1 unspecified atom stereocenters. The first kappa shape index (κ1) is 12.7. The van der Waals surface area contributed by atoms with Crippen molar-refractivity contribution < 1.29 is 19.4 Å². The van der Waals surface area contributed by atoms with Crippen molar-refractivity contribution in [3.8, 4) is 5.75 Å². The number of nitrogens with zero attached hydrogens (tertiary/aromatic N) is 1. The number of ether oxygens (including phenoxy) is 2. The van der Waals surface area contributed by atoms with E-state index in [2.05, 4.69) is 0 Å². The predicted octanol–water partition coefficient (Wildman–Crippen LogP) is 1.65. The smallest absolute Gasteiger partial charge is 0.414 e. The first-order valence-electron chi connectivity index (χ1n) is 5.94. The molecule has 1 fully saturated rings. The van der Waals surface area contributed by atoms with Crippen molar-refractivity contribution in [1.29, 1.82) is 0 Å². The molecule has 18 heavy (non-hydrogen) atoms. The largest absolute Gasteiger partial charge is 0.495 e. The molecule has 1 aliphatic heterocycles. The van der Waals surface area contributed by atoms with E-state index in [1.807, 2.05) is 18.2 Å². The van der Waals surface area contributed by atoms with Crippen LogP contribution in [0, 0.1) is 5.92 Å². The molecule has 0 bridgehead atoms. The van der Waals surface area contributed by atoms with Gasteiger partial charge in [0.05, 0.1) is 19.4 Å². The number of amides is 1. The minimum atomic E-state index is -0.367. The van der Waals surface area contributed by atoms with Gasteiger partial charge in [0.1, 0.15) is 5.75 Å². The lowest BCUT2D eigenvalue weighted by molar-refractivity contribution is 0.104. The van der Waals surface area contributed by atoms with E-state index in [-0.39, 0.29) is 18.6 Å². The summed E-state index contributed by atoms with van der Waals surface area (Å²) in [6.45, 7) is 1.01. The van der Waals surface area contributed by atoms with Gasteiger partial charge in [0.25, 0.3) is 0 Å². The van der Waals surface area contributed by atoms with Crippen molar-refractivity contribution >= 4 is 11.8 Å². The van der Waals surface area contributed by atoms with Crippen LogP contribution in [0.2, 0.25) is 0 Å². The number of aliphatic hydroxyl groups is 1. The lowest BCUT2D eigenvalue weighted by Crippen LogP contribution is -2.43. The molecule has 1 atom stereocenters. The van der Waals surface area contributed by atoms with Gasteiger partial charge >= 0.3 is 6.09 Å². The van der Waals surface area contributed by atoms with E-state index in [1.165, 1.54) is 0 Å². The van der Waals surface area contributed by atoms with Gasteiger partial charge in [-0.25, -0.2) is 4.79 Å². The van der Waals surface area contributed by atoms with Gasteiger partial charge in [0.15, 0.2) is 0 Å². The van der Waals surface area contributed by atoms with Crippen molar-refractivity contribution in [2.75, 3.05) is 31.8 Å². The molecule has 1 N–H and O–H groups in total. The number of hydrogen-bond acceptors (Lipinski definition) is 4.